The molecule has 24 heavy (non-hydrogen) atoms. The molecule has 10 heteroatoms. The van der Waals surface area contributed by atoms with Crippen LogP contribution in [-0.4, -0.2) is 62.7 Å². The molecule has 1 aliphatic heterocycles. The fourth-order valence-corrected chi connectivity index (χ4v) is 5.14. The molecule has 0 radical (unpaired) electrons. The Labute approximate surface area is 159 Å². The quantitative estimate of drug-likeness (QED) is 0.453. The van der Waals surface area contributed by atoms with Crippen LogP contribution in [0, 0.1) is 4.91 Å². The van der Waals surface area contributed by atoms with Crippen LogP contribution in [0.3, 0.4) is 0 Å². The molecule has 0 unspecified atom stereocenters. The SMILES string of the molecule is O=Nc1ccc(N(CCBr)CCBr)c(S(=O)(=O)N2CCNCC2)c1. The molecule has 0 spiro atoms. The van der Waals surface area contributed by atoms with E-state index in [1.54, 1.807) is 12.1 Å². The van der Waals surface area contributed by atoms with Crippen molar-refractivity contribution in [3.8, 4) is 0 Å². The number of halogens is 2. The molecule has 0 aromatic heterocycles. The molecule has 0 bridgehead atoms. The van der Waals surface area contributed by atoms with E-state index in [4.69, 9.17) is 0 Å². The third kappa shape index (κ3) is 4.54. The van der Waals surface area contributed by atoms with Crippen molar-refractivity contribution in [1.29, 1.82) is 0 Å². The van der Waals surface area contributed by atoms with Gasteiger partial charge in [-0.25, -0.2) is 8.42 Å². The van der Waals surface area contributed by atoms with Crippen molar-refractivity contribution in [1.82, 2.24) is 9.62 Å². The van der Waals surface area contributed by atoms with Crippen molar-refractivity contribution < 1.29 is 8.42 Å². The Morgan fingerprint density at radius 2 is 1.79 bits per heavy atom. The molecule has 7 nitrogen and oxygen atoms in total. The first kappa shape index (κ1) is 19.8. The topological polar surface area (TPSA) is 82.1 Å². The Balaban J connectivity index is 2.50. The van der Waals surface area contributed by atoms with Crippen molar-refractivity contribution in [3.63, 3.8) is 0 Å². The third-order valence-corrected chi connectivity index (χ3v) is 6.43. The van der Waals surface area contributed by atoms with E-state index in [1.165, 1.54) is 10.4 Å². The summed E-state index contributed by atoms with van der Waals surface area (Å²) >= 11 is 6.81. The van der Waals surface area contributed by atoms with E-state index in [0.29, 0.717) is 55.6 Å². The summed E-state index contributed by atoms with van der Waals surface area (Å²) in [4.78, 5) is 13.0. The largest absolute Gasteiger partial charge is 0.369 e. The van der Waals surface area contributed by atoms with Gasteiger partial charge in [0, 0.05) is 49.9 Å². The highest BCUT2D eigenvalue weighted by Crippen LogP contribution is 2.32. The lowest BCUT2D eigenvalue weighted by atomic mass is 10.2. The molecule has 0 atom stereocenters. The van der Waals surface area contributed by atoms with Crippen LogP contribution in [0.5, 0.6) is 0 Å². The summed E-state index contributed by atoms with van der Waals surface area (Å²) in [5, 5.41) is 7.46. The van der Waals surface area contributed by atoms with Crippen molar-refractivity contribution in [3.05, 3.63) is 23.1 Å². The summed E-state index contributed by atoms with van der Waals surface area (Å²) in [7, 11) is -3.68. The number of nitrogens with one attached hydrogen (secondary N) is 1. The maximum absolute atomic E-state index is 13.1. The van der Waals surface area contributed by atoms with Crippen molar-refractivity contribution in [2.75, 3.05) is 54.8 Å². The molecule has 0 amide bonds. The summed E-state index contributed by atoms with van der Waals surface area (Å²) < 4.78 is 27.6. The van der Waals surface area contributed by atoms with Gasteiger partial charge in [-0.2, -0.15) is 4.31 Å². The van der Waals surface area contributed by atoms with Crippen LogP contribution in [0.25, 0.3) is 0 Å². The highest BCUT2D eigenvalue weighted by molar-refractivity contribution is 9.09. The molecule has 1 aromatic rings. The van der Waals surface area contributed by atoms with Crippen LogP contribution in [0.15, 0.2) is 28.3 Å². The predicted octanol–water partition coefficient (Wildman–Crippen LogP) is 2.27. The minimum absolute atomic E-state index is 0.116. The minimum atomic E-state index is -3.68. The first-order valence-corrected chi connectivity index (χ1v) is 11.3. The molecule has 1 heterocycles. The van der Waals surface area contributed by atoms with Crippen LogP contribution < -0.4 is 10.2 Å². The Morgan fingerprint density at radius 3 is 2.33 bits per heavy atom. The van der Waals surface area contributed by atoms with E-state index < -0.39 is 10.0 Å². The van der Waals surface area contributed by atoms with Gasteiger partial charge >= 0.3 is 0 Å². The van der Waals surface area contributed by atoms with Gasteiger partial charge < -0.3 is 10.2 Å². The van der Waals surface area contributed by atoms with E-state index in [2.05, 4.69) is 42.4 Å². The lowest BCUT2D eigenvalue weighted by Crippen LogP contribution is -2.46. The molecule has 134 valence electrons. The van der Waals surface area contributed by atoms with Gasteiger partial charge in [-0.1, -0.05) is 31.9 Å². The molecule has 1 fully saturated rings. The summed E-state index contributed by atoms with van der Waals surface area (Å²) in [5.74, 6) is 0. The summed E-state index contributed by atoms with van der Waals surface area (Å²) in [5.41, 5.74) is 0.713. The van der Waals surface area contributed by atoms with Crippen LogP contribution in [-0.2, 0) is 10.0 Å². The first-order chi connectivity index (χ1) is 11.5. The lowest BCUT2D eigenvalue weighted by molar-refractivity contribution is 0.360. The average Bonchev–Trinajstić information content (AvgIpc) is 2.61. The number of hydrogen-bond donors (Lipinski definition) is 1. The maximum atomic E-state index is 13.1. The lowest BCUT2D eigenvalue weighted by Gasteiger charge is -2.30. The van der Waals surface area contributed by atoms with E-state index in [-0.39, 0.29) is 10.6 Å². The van der Waals surface area contributed by atoms with Gasteiger partial charge in [0.15, 0.2) is 0 Å². The second kappa shape index (κ2) is 9.23. The van der Waals surface area contributed by atoms with E-state index in [0.717, 1.165) is 0 Å². The molecule has 2 rings (SSSR count). The second-order valence-electron chi connectivity index (χ2n) is 5.26. The number of benzene rings is 1. The van der Waals surface area contributed by atoms with Crippen LogP contribution in [0.1, 0.15) is 0 Å². The summed E-state index contributed by atoms with van der Waals surface area (Å²) in [6.07, 6.45) is 0. The zero-order valence-corrected chi connectivity index (χ0v) is 17.1. The molecule has 1 saturated heterocycles. The molecule has 1 aromatic carbocycles. The summed E-state index contributed by atoms with van der Waals surface area (Å²) in [6.45, 7) is 3.38. The Morgan fingerprint density at radius 1 is 1.17 bits per heavy atom. The molecule has 0 saturated carbocycles. The number of hydrogen-bond acceptors (Lipinski definition) is 6. The molecular formula is C14H20Br2N4O3S. The molecule has 1 N–H and O–H groups in total. The zero-order chi connectivity index (χ0) is 17.6. The number of nitrogens with zero attached hydrogens (tertiary/aromatic N) is 3. The van der Waals surface area contributed by atoms with Gasteiger partial charge in [-0.3, -0.25) is 0 Å². The molecular weight excluding hydrogens is 464 g/mol. The second-order valence-corrected chi connectivity index (χ2v) is 8.75. The number of alkyl halides is 2. The number of rotatable bonds is 8. The highest BCUT2D eigenvalue weighted by atomic mass is 79.9. The number of anilines is 1. The molecule has 1 aliphatic rings. The highest BCUT2D eigenvalue weighted by Gasteiger charge is 2.30. The number of piperazine rings is 1. The number of sulfonamides is 1. The first-order valence-electron chi connectivity index (χ1n) is 7.59. The summed E-state index contributed by atoms with van der Waals surface area (Å²) in [6, 6.07) is 4.58. The van der Waals surface area contributed by atoms with Gasteiger partial charge in [0.05, 0.1) is 5.69 Å². The van der Waals surface area contributed by atoms with E-state index in [9.17, 15) is 13.3 Å². The van der Waals surface area contributed by atoms with Crippen molar-refractivity contribution >= 4 is 53.3 Å². The standard InChI is InChI=1S/C14H20Br2N4O3S/c15-3-7-19(8-4-16)13-2-1-12(18-21)11-14(13)24(22,23)20-9-5-17-6-10-20/h1-2,11,17H,3-10H2. The van der Waals surface area contributed by atoms with Crippen LogP contribution in [0.4, 0.5) is 11.4 Å². The molecule has 0 aliphatic carbocycles. The van der Waals surface area contributed by atoms with Gasteiger partial charge in [-0.05, 0) is 23.4 Å². The Hall–Kier alpha value is -0.550. The third-order valence-electron chi connectivity index (χ3n) is 3.79. The van der Waals surface area contributed by atoms with Crippen molar-refractivity contribution in [2.24, 2.45) is 5.18 Å². The maximum Gasteiger partial charge on any atom is 0.245 e. The predicted molar refractivity (Wildman–Crippen MR) is 103 cm³/mol. The Kier molecular flexibility index (Phi) is 7.60. The zero-order valence-electron chi connectivity index (χ0n) is 13.1. The van der Waals surface area contributed by atoms with E-state index >= 15 is 0 Å². The monoisotopic (exact) mass is 482 g/mol. The van der Waals surface area contributed by atoms with Gasteiger partial charge in [0.2, 0.25) is 10.0 Å². The van der Waals surface area contributed by atoms with Crippen LogP contribution in [0.2, 0.25) is 0 Å². The normalized spacial score (nSPS) is 16.1. The Bertz CT molecular complexity index is 660. The van der Waals surface area contributed by atoms with Gasteiger partial charge in [-0.15, -0.1) is 4.91 Å². The van der Waals surface area contributed by atoms with Gasteiger partial charge in [0.25, 0.3) is 0 Å². The van der Waals surface area contributed by atoms with Gasteiger partial charge in [0.1, 0.15) is 10.6 Å². The van der Waals surface area contributed by atoms with E-state index in [1.807, 2.05) is 4.90 Å². The van der Waals surface area contributed by atoms with Crippen LogP contribution >= 0.6 is 31.9 Å². The smallest absolute Gasteiger partial charge is 0.245 e. The fourth-order valence-electron chi connectivity index (χ4n) is 2.61. The fraction of sp³-hybridized carbons (Fsp3) is 0.571. The van der Waals surface area contributed by atoms with Crippen molar-refractivity contribution in [2.45, 2.75) is 4.90 Å². The minimum Gasteiger partial charge on any atom is -0.369 e. The average molecular weight is 484 g/mol. The number of nitroso groups, excluding NO2 is 1.